The van der Waals surface area contributed by atoms with Crippen LogP contribution in [0.4, 0.5) is 0 Å². The zero-order valence-corrected chi connectivity index (χ0v) is 14.3. The Labute approximate surface area is 137 Å². The number of piperazine rings is 1. The number of halogens is 2. The van der Waals surface area contributed by atoms with Gasteiger partial charge in [-0.25, -0.2) is 0 Å². The molecule has 1 aliphatic carbocycles. The molecule has 3 rings (SSSR count). The third kappa shape index (κ3) is 3.73. The minimum absolute atomic E-state index is 0.592. The van der Waals surface area contributed by atoms with E-state index in [-0.39, 0.29) is 0 Å². The topological polar surface area (TPSA) is 15.3 Å². The summed E-state index contributed by atoms with van der Waals surface area (Å²) < 4.78 is 0. The molecule has 2 atom stereocenters. The summed E-state index contributed by atoms with van der Waals surface area (Å²) in [7, 11) is 0. The molecule has 21 heavy (non-hydrogen) atoms. The maximum absolute atomic E-state index is 6.16. The molecule has 0 bridgehead atoms. The van der Waals surface area contributed by atoms with Gasteiger partial charge >= 0.3 is 0 Å². The van der Waals surface area contributed by atoms with Crippen LogP contribution in [0.15, 0.2) is 18.2 Å². The van der Waals surface area contributed by atoms with Crippen LogP contribution in [-0.2, 0) is 6.54 Å². The summed E-state index contributed by atoms with van der Waals surface area (Å²) in [6.07, 6.45) is 2.79. The molecule has 1 aromatic rings. The van der Waals surface area contributed by atoms with Crippen LogP contribution in [0.1, 0.15) is 32.3 Å². The van der Waals surface area contributed by atoms with Gasteiger partial charge in [0.25, 0.3) is 0 Å². The van der Waals surface area contributed by atoms with Gasteiger partial charge in [-0.1, -0.05) is 43.1 Å². The minimum Gasteiger partial charge on any atom is -0.311 e. The number of nitrogens with one attached hydrogen (secondary N) is 1. The SMILES string of the molecule is CC(C)C1CNC(C2CC2)CN1Cc1ccc(Cl)c(Cl)c1. The molecule has 2 aliphatic rings. The Morgan fingerprint density at radius 3 is 2.62 bits per heavy atom. The fraction of sp³-hybridized carbons (Fsp3) is 0.647. The highest BCUT2D eigenvalue weighted by Crippen LogP contribution is 2.35. The zero-order chi connectivity index (χ0) is 15.0. The Bertz CT molecular complexity index is 500. The largest absolute Gasteiger partial charge is 0.311 e. The molecule has 0 spiro atoms. The fourth-order valence-corrected chi connectivity index (χ4v) is 3.70. The Morgan fingerprint density at radius 2 is 2.00 bits per heavy atom. The Kier molecular flexibility index (Phi) is 4.80. The van der Waals surface area contributed by atoms with Crippen molar-refractivity contribution in [2.24, 2.45) is 11.8 Å². The Balaban J connectivity index is 1.73. The number of rotatable bonds is 4. The predicted molar refractivity (Wildman–Crippen MR) is 90.0 cm³/mol. The van der Waals surface area contributed by atoms with Crippen LogP contribution in [-0.4, -0.2) is 30.1 Å². The lowest BCUT2D eigenvalue weighted by Gasteiger charge is -2.42. The smallest absolute Gasteiger partial charge is 0.0595 e. The van der Waals surface area contributed by atoms with E-state index in [1.807, 2.05) is 12.1 Å². The molecule has 2 fully saturated rings. The normalized spacial score (nSPS) is 27.3. The highest BCUT2D eigenvalue weighted by Gasteiger charge is 2.37. The fourth-order valence-electron chi connectivity index (χ4n) is 3.38. The van der Waals surface area contributed by atoms with Gasteiger partial charge in [0, 0.05) is 31.7 Å². The lowest BCUT2D eigenvalue weighted by molar-refractivity contribution is 0.0852. The second-order valence-electron chi connectivity index (χ2n) is 6.84. The van der Waals surface area contributed by atoms with E-state index in [0.29, 0.717) is 28.0 Å². The van der Waals surface area contributed by atoms with E-state index >= 15 is 0 Å². The summed E-state index contributed by atoms with van der Waals surface area (Å²) in [5.41, 5.74) is 1.26. The van der Waals surface area contributed by atoms with Gasteiger partial charge in [0.2, 0.25) is 0 Å². The van der Waals surface area contributed by atoms with Crippen molar-refractivity contribution in [1.29, 1.82) is 0 Å². The van der Waals surface area contributed by atoms with Crippen molar-refractivity contribution in [2.45, 2.75) is 45.3 Å². The van der Waals surface area contributed by atoms with Crippen LogP contribution in [0.3, 0.4) is 0 Å². The summed E-state index contributed by atoms with van der Waals surface area (Å²) in [6.45, 7) is 7.83. The summed E-state index contributed by atoms with van der Waals surface area (Å²) in [5.74, 6) is 1.55. The van der Waals surface area contributed by atoms with Gasteiger partial charge < -0.3 is 5.32 Å². The van der Waals surface area contributed by atoms with Crippen LogP contribution in [0.25, 0.3) is 0 Å². The summed E-state index contributed by atoms with van der Waals surface area (Å²) in [5, 5.41) is 5.05. The molecule has 4 heteroatoms. The summed E-state index contributed by atoms with van der Waals surface area (Å²) in [4.78, 5) is 2.63. The summed E-state index contributed by atoms with van der Waals surface area (Å²) >= 11 is 12.2. The summed E-state index contributed by atoms with van der Waals surface area (Å²) in [6, 6.07) is 7.27. The van der Waals surface area contributed by atoms with E-state index < -0.39 is 0 Å². The molecule has 0 radical (unpaired) electrons. The van der Waals surface area contributed by atoms with Crippen LogP contribution in [0, 0.1) is 11.8 Å². The second-order valence-corrected chi connectivity index (χ2v) is 7.66. The number of hydrogen-bond donors (Lipinski definition) is 1. The molecule has 2 unspecified atom stereocenters. The standard InChI is InChI=1S/C17H24Cl2N2/c1-11(2)17-8-20-16(13-4-5-13)10-21(17)9-12-3-6-14(18)15(19)7-12/h3,6-7,11,13,16-17,20H,4-5,8-10H2,1-2H3. The molecule has 1 heterocycles. The number of hydrogen-bond acceptors (Lipinski definition) is 2. The zero-order valence-electron chi connectivity index (χ0n) is 12.8. The molecule has 116 valence electrons. The van der Waals surface area contributed by atoms with Crippen molar-refractivity contribution in [1.82, 2.24) is 10.2 Å². The molecular formula is C17H24Cl2N2. The first kappa shape index (κ1) is 15.6. The maximum Gasteiger partial charge on any atom is 0.0595 e. The first-order valence-electron chi connectivity index (χ1n) is 7.96. The van der Waals surface area contributed by atoms with Gasteiger partial charge in [-0.15, -0.1) is 0 Å². The predicted octanol–water partition coefficient (Wildman–Crippen LogP) is 4.20. The van der Waals surface area contributed by atoms with Crippen LogP contribution < -0.4 is 5.32 Å². The number of benzene rings is 1. The van der Waals surface area contributed by atoms with Crippen molar-refractivity contribution in [3.05, 3.63) is 33.8 Å². The average Bonchev–Trinajstić information content (AvgIpc) is 3.27. The molecule has 1 N–H and O–H groups in total. The van der Waals surface area contributed by atoms with E-state index in [4.69, 9.17) is 23.2 Å². The molecule has 1 saturated carbocycles. The van der Waals surface area contributed by atoms with Gasteiger partial charge in [-0.3, -0.25) is 4.90 Å². The first-order valence-corrected chi connectivity index (χ1v) is 8.71. The highest BCUT2D eigenvalue weighted by atomic mass is 35.5. The second kappa shape index (κ2) is 6.45. The van der Waals surface area contributed by atoms with Crippen molar-refractivity contribution in [2.75, 3.05) is 13.1 Å². The monoisotopic (exact) mass is 326 g/mol. The molecule has 1 aliphatic heterocycles. The van der Waals surface area contributed by atoms with Crippen molar-refractivity contribution < 1.29 is 0 Å². The lowest BCUT2D eigenvalue weighted by atomic mass is 9.96. The van der Waals surface area contributed by atoms with Gasteiger partial charge in [-0.05, 0) is 42.4 Å². The van der Waals surface area contributed by atoms with Crippen molar-refractivity contribution in [3.63, 3.8) is 0 Å². The Hall–Kier alpha value is -0.280. The van der Waals surface area contributed by atoms with Gasteiger partial charge in [0.15, 0.2) is 0 Å². The minimum atomic E-state index is 0.592. The molecule has 0 amide bonds. The third-order valence-electron chi connectivity index (χ3n) is 4.82. The van der Waals surface area contributed by atoms with E-state index in [2.05, 4.69) is 30.1 Å². The average molecular weight is 327 g/mol. The molecule has 1 aromatic carbocycles. The highest BCUT2D eigenvalue weighted by molar-refractivity contribution is 6.42. The lowest BCUT2D eigenvalue weighted by Crippen LogP contribution is -2.58. The molecule has 2 nitrogen and oxygen atoms in total. The Morgan fingerprint density at radius 1 is 1.24 bits per heavy atom. The van der Waals surface area contributed by atoms with E-state index in [0.717, 1.165) is 25.6 Å². The molecule has 0 aromatic heterocycles. The quantitative estimate of drug-likeness (QED) is 0.891. The molecular weight excluding hydrogens is 303 g/mol. The van der Waals surface area contributed by atoms with Gasteiger partial charge in [-0.2, -0.15) is 0 Å². The van der Waals surface area contributed by atoms with Gasteiger partial charge in [0.05, 0.1) is 10.0 Å². The van der Waals surface area contributed by atoms with Crippen molar-refractivity contribution in [3.8, 4) is 0 Å². The van der Waals surface area contributed by atoms with Crippen molar-refractivity contribution >= 4 is 23.2 Å². The van der Waals surface area contributed by atoms with Gasteiger partial charge in [0.1, 0.15) is 0 Å². The first-order chi connectivity index (χ1) is 10.0. The van der Waals surface area contributed by atoms with E-state index in [9.17, 15) is 0 Å². The number of nitrogens with zero attached hydrogens (tertiary/aromatic N) is 1. The van der Waals surface area contributed by atoms with Crippen LogP contribution in [0.5, 0.6) is 0 Å². The maximum atomic E-state index is 6.16. The van der Waals surface area contributed by atoms with E-state index in [1.165, 1.54) is 18.4 Å². The van der Waals surface area contributed by atoms with E-state index in [1.54, 1.807) is 0 Å². The van der Waals surface area contributed by atoms with Crippen LogP contribution in [0.2, 0.25) is 10.0 Å². The molecule has 1 saturated heterocycles. The third-order valence-corrected chi connectivity index (χ3v) is 5.56. The van der Waals surface area contributed by atoms with Crippen LogP contribution >= 0.6 is 23.2 Å².